The molecule has 0 amide bonds. The number of hydrogen-bond donors (Lipinski definition) is 2. The van der Waals surface area contributed by atoms with Crippen molar-refractivity contribution < 1.29 is 13.5 Å². The van der Waals surface area contributed by atoms with Crippen molar-refractivity contribution in [2.24, 2.45) is 0 Å². The Morgan fingerprint density at radius 3 is 2.53 bits per heavy atom. The standard InChI is InChI=1S/C12H19NO3S/c1-11(10-14)13-17(15,16)9-5-8-12-6-3-2-4-7-12/h2-4,6-7,11,13-14H,5,8-10H2,1H3/t11-/m0/s1. The summed E-state index contributed by atoms with van der Waals surface area (Å²) >= 11 is 0. The van der Waals surface area contributed by atoms with E-state index < -0.39 is 16.1 Å². The number of aliphatic hydroxyl groups is 1. The second-order valence-electron chi connectivity index (χ2n) is 4.11. The summed E-state index contributed by atoms with van der Waals surface area (Å²) in [5.74, 6) is 0.0895. The molecule has 0 bridgehead atoms. The Morgan fingerprint density at radius 1 is 1.29 bits per heavy atom. The summed E-state index contributed by atoms with van der Waals surface area (Å²) in [6.07, 6.45) is 1.33. The van der Waals surface area contributed by atoms with Gasteiger partial charge in [-0.05, 0) is 25.3 Å². The van der Waals surface area contributed by atoms with Gasteiger partial charge in [-0.15, -0.1) is 0 Å². The first kappa shape index (κ1) is 14.2. The van der Waals surface area contributed by atoms with Crippen LogP contribution < -0.4 is 4.72 Å². The lowest BCUT2D eigenvalue weighted by Crippen LogP contribution is -2.36. The van der Waals surface area contributed by atoms with E-state index in [0.717, 1.165) is 12.0 Å². The van der Waals surface area contributed by atoms with Crippen LogP contribution in [-0.2, 0) is 16.4 Å². The molecule has 1 aromatic rings. The predicted octanol–water partition coefficient (Wildman–Crippen LogP) is 0.919. The Bertz CT molecular complexity index is 417. The quantitative estimate of drug-likeness (QED) is 0.763. The van der Waals surface area contributed by atoms with Gasteiger partial charge in [-0.2, -0.15) is 0 Å². The van der Waals surface area contributed by atoms with Crippen molar-refractivity contribution in [2.75, 3.05) is 12.4 Å². The highest BCUT2D eigenvalue weighted by molar-refractivity contribution is 7.89. The van der Waals surface area contributed by atoms with E-state index >= 15 is 0 Å². The summed E-state index contributed by atoms with van der Waals surface area (Å²) in [6, 6.07) is 9.36. The van der Waals surface area contributed by atoms with Crippen LogP contribution in [0.3, 0.4) is 0 Å². The lowest BCUT2D eigenvalue weighted by atomic mass is 10.1. The van der Waals surface area contributed by atoms with Crippen molar-refractivity contribution in [2.45, 2.75) is 25.8 Å². The number of hydrogen-bond acceptors (Lipinski definition) is 3. The summed E-state index contributed by atoms with van der Waals surface area (Å²) in [5, 5.41) is 8.77. The van der Waals surface area contributed by atoms with Gasteiger partial charge in [0.25, 0.3) is 0 Å². The maximum absolute atomic E-state index is 11.6. The molecule has 0 aromatic heterocycles. The smallest absolute Gasteiger partial charge is 0.211 e. The summed E-state index contributed by atoms with van der Waals surface area (Å²) in [4.78, 5) is 0. The largest absolute Gasteiger partial charge is 0.395 e. The average molecular weight is 257 g/mol. The van der Waals surface area contributed by atoms with Gasteiger partial charge in [0.05, 0.1) is 12.4 Å². The third-order valence-corrected chi connectivity index (χ3v) is 3.96. The van der Waals surface area contributed by atoms with Crippen LogP contribution in [0.2, 0.25) is 0 Å². The molecule has 0 aliphatic carbocycles. The molecule has 1 rings (SSSR count). The highest BCUT2D eigenvalue weighted by atomic mass is 32.2. The van der Waals surface area contributed by atoms with Crippen LogP contribution in [0.4, 0.5) is 0 Å². The zero-order valence-corrected chi connectivity index (χ0v) is 10.8. The fourth-order valence-corrected chi connectivity index (χ4v) is 2.84. The Morgan fingerprint density at radius 2 is 1.94 bits per heavy atom. The first-order chi connectivity index (χ1) is 8.03. The van der Waals surface area contributed by atoms with Gasteiger partial charge in [-0.3, -0.25) is 0 Å². The molecule has 0 unspecified atom stereocenters. The number of benzene rings is 1. The Labute approximate surface area is 103 Å². The Balaban J connectivity index is 2.36. The van der Waals surface area contributed by atoms with Crippen LogP contribution in [0, 0.1) is 0 Å². The SMILES string of the molecule is C[C@@H](CO)NS(=O)(=O)CCCc1ccccc1. The van der Waals surface area contributed by atoms with E-state index in [9.17, 15) is 8.42 Å². The monoisotopic (exact) mass is 257 g/mol. The topological polar surface area (TPSA) is 66.4 Å². The molecule has 1 aromatic carbocycles. The van der Waals surface area contributed by atoms with Gasteiger partial charge in [0.2, 0.25) is 10.0 Å². The Kier molecular flexibility index (Phi) is 5.61. The van der Waals surface area contributed by atoms with Crippen LogP contribution in [0.15, 0.2) is 30.3 Å². The number of nitrogens with one attached hydrogen (secondary N) is 1. The highest BCUT2D eigenvalue weighted by Gasteiger charge is 2.13. The van der Waals surface area contributed by atoms with Crippen molar-refractivity contribution in [3.8, 4) is 0 Å². The number of aryl methyl sites for hydroxylation is 1. The minimum absolute atomic E-state index is 0.0895. The van der Waals surface area contributed by atoms with Gasteiger partial charge < -0.3 is 5.11 Å². The highest BCUT2D eigenvalue weighted by Crippen LogP contribution is 2.03. The van der Waals surface area contributed by atoms with E-state index in [1.54, 1.807) is 6.92 Å². The molecule has 0 aliphatic heterocycles. The van der Waals surface area contributed by atoms with Gasteiger partial charge in [0.15, 0.2) is 0 Å². The molecule has 4 nitrogen and oxygen atoms in total. The maximum Gasteiger partial charge on any atom is 0.211 e. The fourth-order valence-electron chi connectivity index (χ4n) is 1.51. The molecule has 0 spiro atoms. The molecule has 0 aliphatic rings. The summed E-state index contributed by atoms with van der Waals surface area (Å²) in [7, 11) is -3.27. The second-order valence-corrected chi connectivity index (χ2v) is 5.98. The van der Waals surface area contributed by atoms with Crippen molar-refractivity contribution in [1.82, 2.24) is 4.72 Å². The molecular weight excluding hydrogens is 238 g/mol. The minimum atomic E-state index is -3.27. The van der Waals surface area contributed by atoms with Gasteiger partial charge in [-0.1, -0.05) is 30.3 Å². The lowest BCUT2D eigenvalue weighted by molar-refractivity contribution is 0.265. The maximum atomic E-state index is 11.6. The summed E-state index contributed by atoms with van der Waals surface area (Å²) in [5.41, 5.74) is 1.14. The molecule has 0 radical (unpaired) electrons. The van der Waals surface area contributed by atoms with Gasteiger partial charge in [0.1, 0.15) is 0 Å². The predicted molar refractivity (Wildman–Crippen MR) is 68.2 cm³/mol. The van der Waals surface area contributed by atoms with E-state index in [1.165, 1.54) is 0 Å². The molecule has 0 heterocycles. The molecular formula is C12H19NO3S. The van der Waals surface area contributed by atoms with Gasteiger partial charge in [-0.25, -0.2) is 13.1 Å². The molecule has 0 saturated heterocycles. The molecule has 0 saturated carbocycles. The van der Waals surface area contributed by atoms with Crippen LogP contribution in [-0.4, -0.2) is 31.9 Å². The molecule has 5 heteroatoms. The van der Waals surface area contributed by atoms with E-state index in [2.05, 4.69) is 4.72 Å². The lowest BCUT2D eigenvalue weighted by Gasteiger charge is -2.11. The molecule has 17 heavy (non-hydrogen) atoms. The molecule has 96 valence electrons. The third-order valence-electron chi connectivity index (χ3n) is 2.38. The van der Waals surface area contributed by atoms with Crippen molar-refractivity contribution in [3.63, 3.8) is 0 Å². The Hall–Kier alpha value is -0.910. The van der Waals surface area contributed by atoms with Crippen molar-refractivity contribution in [3.05, 3.63) is 35.9 Å². The van der Waals surface area contributed by atoms with E-state index in [-0.39, 0.29) is 12.4 Å². The molecule has 1 atom stereocenters. The van der Waals surface area contributed by atoms with Gasteiger partial charge in [0, 0.05) is 6.04 Å². The van der Waals surface area contributed by atoms with E-state index in [1.807, 2.05) is 30.3 Å². The first-order valence-corrected chi connectivity index (χ1v) is 7.33. The van der Waals surface area contributed by atoms with Crippen molar-refractivity contribution in [1.29, 1.82) is 0 Å². The van der Waals surface area contributed by atoms with Crippen LogP contribution in [0.5, 0.6) is 0 Å². The first-order valence-electron chi connectivity index (χ1n) is 5.68. The summed E-state index contributed by atoms with van der Waals surface area (Å²) in [6.45, 7) is 1.45. The number of aliphatic hydroxyl groups excluding tert-OH is 1. The van der Waals surface area contributed by atoms with Crippen LogP contribution >= 0.6 is 0 Å². The minimum Gasteiger partial charge on any atom is -0.395 e. The normalized spacial score (nSPS) is 13.5. The van der Waals surface area contributed by atoms with E-state index in [0.29, 0.717) is 6.42 Å². The van der Waals surface area contributed by atoms with Crippen LogP contribution in [0.1, 0.15) is 18.9 Å². The number of sulfonamides is 1. The molecule has 0 fully saturated rings. The zero-order valence-electron chi connectivity index (χ0n) is 9.96. The zero-order chi connectivity index (χ0) is 12.7. The molecule has 2 N–H and O–H groups in total. The fraction of sp³-hybridized carbons (Fsp3) is 0.500. The number of rotatable bonds is 7. The van der Waals surface area contributed by atoms with Crippen molar-refractivity contribution >= 4 is 10.0 Å². The van der Waals surface area contributed by atoms with E-state index in [4.69, 9.17) is 5.11 Å². The second kappa shape index (κ2) is 6.74. The summed E-state index contributed by atoms with van der Waals surface area (Å²) < 4.78 is 25.6. The van der Waals surface area contributed by atoms with Crippen LogP contribution in [0.25, 0.3) is 0 Å². The van der Waals surface area contributed by atoms with Gasteiger partial charge >= 0.3 is 0 Å². The third kappa shape index (κ3) is 5.81. The average Bonchev–Trinajstić information content (AvgIpc) is 2.29.